The summed E-state index contributed by atoms with van der Waals surface area (Å²) in [6.45, 7) is -0.165. The summed E-state index contributed by atoms with van der Waals surface area (Å²) in [5.41, 5.74) is -2.61. The first-order chi connectivity index (χ1) is 10.5. The maximum absolute atomic E-state index is 13.5. The van der Waals surface area contributed by atoms with Crippen molar-refractivity contribution in [2.75, 3.05) is 0 Å². The molecule has 1 aromatic heterocycles. The van der Waals surface area contributed by atoms with Gasteiger partial charge in [-0.3, -0.25) is 4.68 Å². The summed E-state index contributed by atoms with van der Waals surface area (Å²) in [6.07, 6.45) is -8.79. The molecule has 3 nitrogen and oxygen atoms in total. The van der Waals surface area contributed by atoms with Gasteiger partial charge in [0.2, 0.25) is 0 Å². The van der Waals surface area contributed by atoms with Gasteiger partial charge in [-0.05, 0) is 12.3 Å². The van der Waals surface area contributed by atoms with Crippen LogP contribution in [0, 0.1) is 17.8 Å². The number of aliphatic hydroxyl groups excluding tert-OH is 1. The topological polar surface area (TPSA) is 38.1 Å². The van der Waals surface area contributed by atoms with Crippen molar-refractivity contribution >= 4 is 0 Å². The Morgan fingerprint density at radius 1 is 1.17 bits per heavy atom. The third-order valence-corrected chi connectivity index (χ3v) is 5.07. The highest BCUT2D eigenvalue weighted by atomic mass is 19.4. The van der Waals surface area contributed by atoms with E-state index in [-0.39, 0.29) is 18.7 Å². The van der Waals surface area contributed by atoms with E-state index < -0.39 is 59.6 Å². The number of aliphatic hydroxyl groups is 1. The van der Waals surface area contributed by atoms with E-state index in [1.165, 1.54) is 0 Å². The molecule has 1 aromatic rings. The van der Waals surface area contributed by atoms with Crippen LogP contribution in [0.5, 0.6) is 0 Å². The first-order valence-corrected chi connectivity index (χ1v) is 7.06. The summed E-state index contributed by atoms with van der Waals surface area (Å²) in [7, 11) is 0. The number of alkyl halides is 7. The zero-order valence-electron chi connectivity index (χ0n) is 11.4. The summed E-state index contributed by atoms with van der Waals surface area (Å²) < 4.78 is 92.8. The summed E-state index contributed by atoms with van der Waals surface area (Å²) in [5.74, 6) is -8.58. The fourth-order valence-corrected chi connectivity index (χ4v) is 3.68. The first kappa shape index (κ1) is 15.2. The lowest BCUT2D eigenvalue weighted by Gasteiger charge is -2.28. The molecule has 23 heavy (non-hydrogen) atoms. The number of rotatable bonds is 2. The summed E-state index contributed by atoms with van der Waals surface area (Å²) in [5, 5.41) is 12.9. The second-order valence-electron chi connectivity index (χ2n) is 6.44. The molecule has 0 saturated heterocycles. The van der Waals surface area contributed by atoms with Crippen molar-refractivity contribution < 1.29 is 35.8 Å². The van der Waals surface area contributed by atoms with Gasteiger partial charge in [-0.25, -0.2) is 17.6 Å². The smallest absolute Gasteiger partial charge is 0.382 e. The average molecular weight is 344 g/mol. The number of aromatic nitrogens is 2. The fourth-order valence-electron chi connectivity index (χ4n) is 3.68. The van der Waals surface area contributed by atoms with E-state index in [2.05, 4.69) is 5.10 Å². The minimum atomic E-state index is -5.00. The van der Waals surface area contributed by atoms with Crippen LogP contribution in [-0.4, -0.2) is 26.7 Å². The second-order valence-corrected chi connectivity index (χ2v) is 6.44. The molecule has 0 aromatic carbocycles. The Kier molecular flexibility index (Phi) is 2.66. The predicted octanol–water partition coefficient (Wildman–Crippen LogP) is 3.03. The molecule has 4 rings (SSSR count). The molecule has 1 N–H and O–H groups in total. The van der Waals surface area contributed by atoms with Crippen molar-refractivity contribution in [1.29, 1.82) is 0 Å². The van der Waals surface area contributed by atoms with Gasteiger partial charge in [0, 0.05) is 36.1 Å². The van der Waals surface area contributed by atoms with Gasteiger partial charge >= 0.3 is 6.18 Å². The number of fused-ring (bicyclic) bond motifs is 2. The third kappa shape index (κ3) is 1.96. The second kappa shape index (κ2) is 4.01. The van der Waals surface area contributed by atoms with Gasteiger partial charge in [-0.15, -0.1) is 0 Å². The first-order valence-electron chi connectivity index (χ1n) is 7.06. The van der Waals surface area contributed by atoms with Crippen LogP contribution in [0.15, 0.2) is 0 Å². The molecule has 3 aliphatic rings. The standard InChI is InChI=1S/C13H11F7N2O/c14-11(15)2-1-5-6(10(11)23)9(13(18,19)20)21-22(5)3-4-7-8(4)12(7,16)17/h4,7-8,10,23H,1-3H2/t4?,7-,8?,10-/m0/s1. The normalized spacial score (nSPS) is 36.3. The quantitative estimate of drug-likeness (QED) is 0.838. The molecule has 2 unspecified atom stereocenters. The third-order valence-electron chi connectivity index (χ3n) is 5.07. The van der Waals surface area contributed by atoms with E-state index in [1.807, 2.05) is 0 Å². The SMILES string of the molecule is O[C@H]1c2c(C(F)(F)F)nn(CC3C4[C@H]3C4(F)F)c2CCC1(F)F. The minimum Gasteiger partial charge on any atom is -0.382 e. The Bertz CT molecular complexity index is 669. The van der Waals surface area contributed by atoms with Crippen molar-refractivity contribution in [3.63, 3.8) is 0 Å². The highest BCUT2D eigenvalue weighted by molar-refractivity contribution is 5.36. The zero-order valence-corrected chi connectivity index (χ0v) is 11.4. The lowest BCUT2D eigenvalue weighted by atomic mass is 9.89. The van der Waals surface area contributed by atoms with Gasteiger partial charge in [0.15, 0.2) is 5.69 Å². The van der Waals surface area contributed by atoms with Gasteiger partial charge < -0.3 is 5.11 Å². The Morgan fingerprint density at radius 2 is 1.78 bits per heavy atom. The Hall–Kier alpha value is -1.32. The summed E-state index contributed by atoms with van der Waals surface area (Å²) >= 11 is 0. The van der Waals surface area contributed by atoms with E-state index in [1.54, 1.807) is 0 Å². The van der Waals surface area contributed by atoms with Gasteiger partial charge in [-0.2, -0.15) is 18.3 Å². The molecule has 3 aliphatic carbocycles. The van der Waals surface area contributed by atoms with E-state index in [0.717, 1.165) is 4.68 Å². The van der Waals surface area contributed by atoms with Crippen LogP contribution in [0.25, 0.3) is 0 Å². The minimum absolute atomic E-state index is 0.134. The highest BCUT2D eigenvalue weighted by Gasteiger charge is 2.87. The van der Waals surface area contributed by atoms with Crippen LogP contribution in [0.3, 0.4) is 0 Å². The molecular weight excluding hydrogens is 333 g/mol. The molecule has 2 fully saturated rings. The van der Waals surface area contributed by atoms with E-state index in [9.17, 15) is 35.8 Å². The molecule has 0 bridgehead atoms. The van der Waals surface area contributed by atoms with E-state index in [0.29, 0.717) is 0 Å². The van der Waals surface area contributed by atoms with Crippen LogP contribution in [-0.2, 0) is 19.1 Å². The average Bonchev–Trinajstić information content (AvgIpc) is 3.21. The molecule has 0 aliphatic heterocycles. The Balaban J connectivity index is 1.69. The van der Waals surface area contributed by atoms with Gasteiger partial charge in [0.1, 0.15) is 6.10 Å². The largest absolute Gasteiger partial charge is 0.435 e. The number of hydrogen-bond acceptors (Lipinski definition) is 2. The van der Waals surface area contributed by atoms with Crippen LogP contribution in [0.4, 0.5) is 30.7 Å². The summed E-state index contributed by atoms with van der Waals surface area (Å²) in [6, 6.07) is 0. The Morgan fingerprint density at radius 3 is 2.30 bits per heavy atom. The molecule has 0 amide bonds. The maximum atomic E-state index is 13.5. The van der Waals surface area contributed by atoms with Gasteiger partial charge in [-0.1, -0.05) is 0 Å². The van der Waals surface area contributed by atoms with Gasteiger partial charge in [0.05, 0.1) is 0 Å². The van der Waals surface area contributed by atoms with Crippen LogP contribution in [0.2, 0.25) is 0 Å². The van der Waals surface area contributed by atoms with Crippen molar-refractivity contribution in [2.24, 2.45) is 17.8 Å². The predicted molar refractivity (Wildman–Crippen MR) is 60.9 cm³/mol. The molecule has 0 radical (unpaired) electrons. The van der Waals surface area contributed by atoms with Gasteiger partial charge in [0.25, 0.3) is 11.8 Å². The van der Waals surface area contributed by atoms with Crippen molar-refractivity contribution in [3.8, 4) is 0 Å². The van der Waals surface area contributed by atoms with Crippen LogP contribution >= 0.6 is 0 Å². The number of hydrogen-bond donors (Lipinski definition) is 1. The molecule has 128 valence electrons. The number of nitrogens with zero attached hydrogens (tertiary/aromatic N) is 2. The summed E-state index contributed by atoms with van der Waals surface area (Å²) in [4.78, 5) is 0. The number of halogens is 7. The van der Waals surface area contributed by atoms with Crippen LogP contribution in [0.1, 0.15) is 29.5 Å². The molecule has 10 heteroatoms. The molecule has 4 atom stereocenters. The maximum Gasteiger partial charge on any atom is 0.435 e. The highest BCUT2D eigenvalue weighted by Crippen LogP contribution is 2.78. The zero-order chi connectivity index (χ0) is 16.9. The Labute approximate surface area is 125 Å². The van der Waals surface area contributed by atoms with Crippen molar-refractivity contribution in [3.05, 3.63) is 17.0 Å². The lowest BCUT2D eigenvalue weighted by molar-refractivity contribution is -0.150. The lowest BCUT2D eigenvalue weighted by Crippen LogP contribution is -2.33. The molecule has 1 heterocycles. The van der Waals surface area contributed by atoms with Crippen molar-refractivity contribution in [2.45, 2.75) is 43.5 Å². The molecule has 2 saturated carbocycles. The van der Waals surface area contributed by atoms with Crippen LogP contribution < -0.4 is 0 Å². The van der Waals surface area contributed by atoms with Crippen molar-refractivity contribution in [1.82, 2.24) is 9.78 Å². The van der Waals surface area contributed by atoms with E-state index in [4.69, 9.17) is 0 Å². The molecule has 0 spiro atoms. The monoisotopic (exact) mass is 344 g/mol. The fraction of sp³-hybridized carbons (Fsp3) is 0.769. The molecular formula is C13H11F7N2O. The van der Waals surface area contributed by atoms with E-state index >= 15 is 0 Å².